The fourth-order valence-electron chi connectivity index (χ4n) is 5.11. The standard InChI is InChI=1S/C24H37NO5/c1-4-14(2)24(28)30-21-10-16(13-25)9-17-6-5-15(3)20(23(17)21)8-7-19-11-18(26)12-22(27)29-19/h5-6,9,14-16,18-21,23,26H,4,7-8,10-13,25H2,1-3H3/t14?,15-,16+,18+,19+,20-,21-,23-/m0/s1. The normalized spacial score (nSPS) is 37.0. The minimum absolute atomic E-state index is 0.0860. The maximum Gasteiger partial charge on any atom is 0.308 e. The number of esters is 2. The second-order valence-corrected chi connectivity index (χ2v) is 9.37. The molecule has 3 aliphatic rings. The third-order valence-corrected chi connectivity index (χ3v) is 7.12. The molecule has 0 aromatic rings. The largest absolute Gasteiger partial charge is 0.462 e. The minimum atomic E-state index is -0.611. The number of hydrogen-bond donors (Lipinski definition) is 2. The molecular weight excluding hydrogens is 382 g/mol. The highest BCUT2D eigenvalue weighted by Gasteiger charge is 2.42. The average Bonchev–Trinajstić information content (AvgIpc) is 2.71. The molecule has 0 saturated carbocycles. The van der Waals surface area contributed by atoms with Crippen molar-refractivity contribution in [1.82, 2.24) is 0 Å². The van der Waals surface area contributed by atoms with E-state index in [9.17, 15) is 14.7 Å². The molecule has 3 rings (SSSR count). The SMILES string of the molecule is CCC(C)C(=O)O[C@H]1C[C@H](CN)C=C2C=C[C@H](C)[C@H](CC[C@@H]3C[C@@H](O)CC(=O)O3)[C@H]21. The molecule has 168 valence electrons. The number of hydrogen-bond acceptors (Lipinski definition) is 6. The molecule has 0 amide bonds. The lowest BCUT2D eigenvalue weighted by atomic mass is 9.65. The third kappa shape index (κ3) is 5.33. The molecule has 1 saturated heterocycles. The number of ether oxygens (including phenoxy) is 2. The van der Waals surface area contributed by atoms with Gasteiger partial charge in [0.2, 0.25) is 0 Å². The Bertz CT molecular complexity index is 687. The molecule has 1 aliphatic heterocycles. The molecule has 6 heteroatoms. The molecule has 0 spiro atoms. The van der Waals surface area contributed by atoms with E-state index in [2.05, 4.69) is 25.2 Å². The summed E-state index contributed by atoms with van der Waals surface area (Å²) in [5.41, 5.74) is 7.18. The molecule has 0 radical (unpaired) electrons. The van der Waals surface area contributed by atoms with Crippen LogP contribution < -0.4 is 5.73 Å². The summed E-state index contributed by atoms with van der Waals surface area (Å²) in [4.78, 5) is 24.3. The second kappa shape index (κ2) is 10.1. The number of carbonyl (C=O) groups is 2. The summed E-state index contributed by atoms with van der Waals surface area (Å²) in [7, 11) is 0. The van der Waals surface area contributed by atoms with Gasteiger partial charge in [-0.3, -0.25) is 9.59 Å². The summed E-state index contributed by atoms with van der Waals surface area (Å²) in [6, 6.07) is 0. The number of nitrogens with two attached hydrogens (primary N) is 1. The Hall–Kier alpha value is -1.66. The first kappa shape index (κ1) is 23.0. The summed E-state index contributed by atoms with van der Waals surface area (Å²) in [5, 5.41) is 9.91. The fourth-order valence-corrected chi connectivity index (χ4v) is 5.11. The van der Waals surface area contributed by atoms with Crippen LogP contribution in [-0.4, -0.2) is 41.9 Å². The van der Waals surface area contributed by atoms with E-state index in [0.717, 1.165) is 19.3 Å². The number of carbonyl (C=O) groups excluding carboxylic acids is 2. The molecule has 0 aromatic heterocycles. The Balaban J connectivity index is 1.77. The van der Waals surface area contributed by atoms with Gasteiger partial charge in [0.1, 0.15) is 12.2 Å². The van der Waals surface area contributed by atoms with E-state index >= 15 is 0 Å². The third-order valence-electron chi connectivity index (χ3n) is 7.12. The van der Waals surface area contributed by atoms with Crippen molar-refractivity contribution in [3.05, 3.63) is 23.8 Å². The zero-order valence-electron chi connectivity index (χ0n) is 18.5. The van der Waals surface area contributed by atoms with Gasteiger partial charge < -0.3 is 20.3 Å². The number of allylic oxidation sites excluding steroid dienone is 2. The van der Waals surface area contributed by atoms with Crippen molar-refractivity contribution < 1.29 is 24.2 Å². The summed E-state index contributed by atoms with van der Waals surface area (Å²) in [6.07, 6.45) is 9.26. The predicted molar refractivity (Wildman–Crippen MR) is 114 cm³/mol. The number of aliphatic hydroxyl groups is 1. The molecule has 3 N–H and O–H groups in total. The van der Waals surface area contributed by atoms with Crippen molar-refractivity contribution in [1.29, 1.82) is 0 Å². The van der Waals surface area contributed by atoms with Gasteiger partial charge in [0.05, 0.1) is 18.4 Å². The Morgan fingerprint density at radius 2 is 2.13 bits per heavy atom. The van der Waals surface area contributed by atoms with E-state index in [-0.39, 0.29) is 54.2 Å². The van der Waals surface area contributed by atoms with Crippen LogP contribution in [0.25, 0.3) is 0 Å². The summed E-state index contributed by atoms with van der Waals surface area (Å²) in [6.45, 7) is 6.64. The van der Waals surface area contributed by atoms with Crippen LogP contribution in [0.4, 0.5) is 0 Å². The lowest BCUT2D eigenvalue weighted by molar-refractivity contribution is -0.162. The zero-order chi connectivity index (χ0) is 21.8. The quantitative estimate of drug-likeness (QED) is 0.615. The van der Waals surface area contributed by atoms with Gasteiger partial charge in [-0.15, -0.1) is 0 Å². The minimum Gasteiger partial charge on any atom is -0.462 e. The molecule has 1 fully saturated rings. The van der Waals surface area contributed by atoms with Gasteiger partial charge in [-0.1, -0.05) is 39.0 Å². The van der Waals surface area contributed by atoms with Gasteiger partial charge in [-0.2, -0.15) is 0 Å². The highest BCUT2D eigenvalue weighted by Crippen LogP contribution is 2.45. The maximum absolute atomic E-state index is 12.6. The van der Waals surface area contributed by atoms with E-state index < -0.39 is 6.10 Å². The van der Waals surface area contributed by atoms with Crippen LogP contribution in [0.1, 0.15) is 59.3 Å². The first-order valence-electron chi connectivity index (χ1n) is 11.5. The molecule has 2 aliphatic carbocycles. The smallest absolute Gasteiger partial charge is 0.308 e. The molecule has 8 atom stereocenters. The van der Waals surface area contributed by atoms with Gasteiger partial charge in [0, 0.05) is 12.3 Å². The Kier molecular flexibility index (Phi) is 7.75. The lowest BCUT2D eigenvalue weighted by Crippen LogP contribution is -2.43. The summed E-state index contributed by atoms with van der Waals surface area (Å²) >= 11 is 0. The average molecular weight is 420 g/mol. The molecule has 6 nitrogen and oxygen atoms in total. The van der Waals surface area contributed by atoms with E-state index in [0.29, 0.717) is 25.3 Å². The molecule has 0 aromatic carbocycles. The van der Waals surface area contributed by atoms with Crippen molar-refractivity contribution in [3.63, 3.8) is 0 Å². The van der Waals surface area contributed by atoms with Gasteiger partial charge >= 0.3 is 11.9 Å². The highest BCUT2D eigenvalue weighted by molar-refractivity contribution is 5.72. The van der Waals surface area contributed by atoms with Gasteiger partial charge in [-0.05, 0) is 55.6 Å². The topological polar surface area (TPSA) is 98.9 Å². The van der Waals surface area contributed by atoms with Crippen molar-refractivity contribution in [2.75, 3.05) is 6.54 Å². The van der Waals surface area contributed by atoms with Gasteiger partial charge in [-0.25, -0.2) is 0 Å². The number of aliphatic hydroxyl groups excluding tert-OH is 1. The van der Waals surface area contributed by atoms with Crippen molar-refractivity contribution in [3.8, 4) is 0 Å². The number of cyclic esters (lactones) is 1. The maximum atomic E-state index is 12.6. The van der Waals surface area contributed by atoms with E-state index in [4.69, 9.17) is 15.2 Å². The van der Waals surface area contributed by atoms with Gasteiger partial charge in [0.25, 0.3) is 0 Å². The summed E-state index contributed by atoms with van der Waals surface area (Å²) < 4.78 is 11.5. The van der Waals surface area contributed by atoms with Crippen LogP contribution in [0.2, 0.25) is 0 Å². The Labute approximate surface area is 179 Å². The van der Waals surface area contributed by atoms with Crippen LogP contribution in [0, 0.1) is 29.6 Å². The second-order valence-electron chi connectivity index (χ2n) is 9.37. The Morgan fingerprint density at radius 1 is 1.37 bits per heavy atom. The van der Waals surface area contributed by atoms with Gasteiger partial charge in [0.15, 0.2) is 0 Å². The first-order chi connectivity index (χ1) is 14.3. The molecule has 0 bridgehead atoms. The molecule has 1 heterocycles. The van der Waals surface area contributed by atoms with Crippen LogP contribution in [0.3, 0.4) is 0 Å². The lowest BCUT2D eigenvalue weighted by Gasteiger charge is -2.44. The Morgan fingerprint density at radius 3 is 2.80 bits per heavy atom. The summed E-state index contributed by atoms with van der Waals surface area (Å²) in [5.74, 6) is 0.380. The van der Waals surface area contributed by atoms with Crippen molar-refractivity contribution >= 4 is 11.9 Å². The number of rotatable bonds is 7. The number of fused-ring (bicyclic) bond motifs is 1. The van der Waals surface area contributed by atoms with Crippen LogP contribution in [-0.2, 0) is 19.1 Å². The van der Waals surface area contributed by atoms with Crippen molar-refractivity contribution in [2.24, 2.45) is 35.3 Å². The van der Waals surface area contributed by atoms with Crippen LogP contribution in [0.5, 0.6) is 0 Å². The molecule has 30 heavy (non-hydrogen) atoms. The highest BCUT2D eigenvalue weighted by atomic mass is 16.5. The van der Waals surface area contributed by atoms with Crippen molar-refractivity contribution in [2.45, 2.75) is 77.6 Å². The molecule has 1 unspecified atom stereocenters. The first-order valence-corrected chi connectivity index (χ1v) is 11.5. The van der Waals surface area contributed by atoms with E-state index in [1.54, 1.807) is 0 Å². The van der Waals surface area contributed by atoms with Crippen LogP contribution in [0.15, 0.2) is 23.8 Å². The monoisotopic (exact) mass is 419 g/mol. The van der Waals surface area contributed by atoms with E-state index in [1.165, 1.54) is 5.57 Å². The fraction of sp³-hybridized carbons (Fsp3) is 0.750. The predicted octanol–water partition coefficient (Wildman–Crippen LogP) is 3.13. The van der Waals surface area contributed by atoms with Crippen LogP contribution >= 0.6 is 0 Å². The molecular formula is C24H37NO5. The van der Waals surface area contributed by atoms with E-state index in [1.807, 2.05) is 13.8 Å². The zero-order valence-corrected chi connectivity index (χ0v) is 18.5.